The van der Waals surface area contributed by atoms with Crippen molar-refractivity contribution in [3.05, 3.63) is 29.8 Å². The highest BCUT2D eigenvalue weighted by Crippen LogP contribution is 2.21. The summed E-state index contributed by atoms with van der Waals surface area (Å²) in [7, 11) is 0. The molecule has 0 spiro atoms. The predicted molar refractivity (Wildman–Crippen MR) is 99.7 cm³/mol. The van der Waals surface area contributed by atoms with E-state index in [2.05, 4.69) is 36.1 Å². The molecule has 2 fully saturated rings. The van der Waals surface area contributed by atoms with Crippen molar-refractivity contribution >= 4 is 5.91 Å². The van der Waals surface area contributed by atoms with Crippen LogP contribution in [0.5, 0.6) is 5.75 Å². The number of hydrogen-bond donors (Lipinski definition) is 1. The van der Waals surface area contributed by atoms with Gasteiger partial charge in [-0.05, 0) is 49.9 Å². The summed E-state index contributed by atoms with van der Waals surface area (Å²) < 4.78 is 5.51. The van der Waals surface area contributed by atoms with Crippen LogP contribution >= 0.6 is 0 Å². The number of piperidine rings is 2. The second-order valence-corrected chi connectivity index (χ2v) is 7.79. The topological polar surface area (TPSA) is 34.0 Å². The number of carbonyl (C=O) groups is 1. The first-order valence-electron chi connectivity index (χ1n) is 9.99. The molecule has 3 rings (SSSR count). The Morgan fingerprint density at radius 1 is 1.12 bits per heavy atom. The number of amides is 1. The summed E-state index contributed by atoms with van der Waals surface area (Å²) in [5, 5.41) is 0. The van der Waals surface area contributed by atoms with E-state index >= 15 is 0 Å². The van der Waals surface area contributed by atoms with Crippen LogP contribution in [-0.2, 0) is 11.3 Å². The van der Waals surface area contributed by atoms with Crippen molar-refractivity contribution in [1.29, 1.82) is 0 Å². The van der Waals surface area contributed by atoms with Crippen LogP contribution < -0.4 is 9.64 Å². The molecule has 4 nitrogen and oxygen atoms in total. The zero-order valence-corrected chi connectivity index (χ0v) is 15.8. The van der Waals surface area contributed by atoms with Crippen LogP contribution in [0.25, 0.3) is 0 Å². The highest BCUT2D eigenvalue weighted by atomic mass is 16.5. The number of benzene rings is 1. The Balaban J connectivity index is 1.44. The molecule has 138 valence electrons. The minimum absolute atomic E-state index is 0.262. The number of quaternary nitrogens is 1. The Morgan fingerprint density at radius 2 is 1.76 bits per heavy atom. The largest absolute Gasteiger partial charge is 0.494 e. The molecular formula is C21H33N2O2+. The van der Waals surface area contributed by atoms with Gasteiger partial charge >= 0.3 is 0 Å². The van der Waals surface area contributed by atoms with Crippen molar-refractivity contribution in [3.8, 4) is 5.75 Å². The molecule has 0 bridgehead atoms. The van der Waals surface area contributed by atoms with Crippen molar-refractivity contribution in [2.45, 2.75) is 46.1 Å². The first-order valence-corrected chi connectivity index (χ1v) is 9.99. The van der Waals surface area contributed by atoms with Crippen LogP contribution in [0.2, 0.25) is 0 Å². The lowest BCUT2D eigenvalue weighted by Crippen LogP contribution is -3.11. The SMILES string of the molecule is CCOc1ccc(C[NH+]2CCC(C(=O)N3CCC(C)CC3)CC2)cc1. The second-order valence-electron chi connectivity index (χ2n) is 7.79. The lowest BCUT2D eigenvalue weighted by molar-refractivity contribution is -0.919. The van der Waals surface area contributed by atoms with Gasteiger partial charge in [-0.2, -0.15) is 0 Å². The van der Waals surface area contributed by atoms with E-state index in [0.717, 1.165) is 57.2 Å². The number of likely N-dealkylation sites (tertiary alicyclic amines) is 2. The molecule has 0 radical (unpaired) electrons. The summed E-state index contributed by atoms with van der Waals surface area (Å²) in [4.78, 5) is 16.5. The first-order chi connectivity index (χ1) is 12.2. The summed E-state index contributed by atoms with van der Waals surface area (Å²) in [5.41, 5.74) is 1.35. The third kappa shape index (κ3) is 4.97. The molecule has 0 aromatic heterocycles. The second kappa shape index (κ2) is 8.70. The molecular weight excluding hydrogens is 312 g/mol. The number of carbonyl (C=O) groups excluding carboxylic acids is 1. The van der Waals surface area contributed by atoms with Crippen molar-refractivity contribution < 1.29 is 14.4 Å². The van der Waals surface area contributed by atoms with Crippen LogP contribution in [-0.4, -0.2) is 43.6 Å². The van der Waals surface area contributed by atoms with Gasteiger partial charge in [-0.15, -0.1) is 0 Å². The first kappa shape index (κ1) is 18.2. The van der Waals surface area contributed by atoms with Gasteiger partial charge in [-0.25, -0.2) is 0 Å². The average molecular weight is 346 g/mol. The molecule has 2 heterocycles. The fraction of sp³-hybridized carbons (Fsp3) is 0.667. The average Bonchev–Trinajstić information content (AvgIpc) is 2.64. The summed E-state index contributed by atoms with van der Waals surface area (Å²) in [6.45, 7) is 10.2. The molecule has 1 N–H and O–H groups in total. The standard InChI is InChI=1S/C21H32N2O2/c1-3-25-20-6-4-18(5-7-20)16-22-12-10-19(11-13-22)21(24)23-14-8-17(2)9-15-23/h4-7,17,19H,3,8-16H2,1-2H3/p+1. The van der Waals surface area contributed by atoms with Gasteiger partial charge in [0, 0.05) is 37.4 Å². The zero-order chi connectivity index (χ0) is 17.6. The Hall–Kier alpha value is -1.55. The molecule has 2 saturated heterocycles. The van der Waals surface area contributed by atoms with E-state index in [-0.39, 0.29) is 5.92 Å². The van der Waals surface area contributed by atoms with E-state index in [1.54, 1.807) is 4.90 Å². The molecule has 25 heavy (non-hydrogen) atoms. The highest BCUT2D eigenvalue weighted by molar-refractivity contribution is 5.79. The van der Waals surface area contributed by atoms with E-state index in [9.17, 15) is 4.79 Å². The van der Waals surface area contributed by atoms with Crippen LogP contribution in [0.4, 0.5) is 0 Å². The van der Waals surface area contributed by atoms with E-state index in [1.165, 1.54) is 18.4 Å². The Morgan fingerprint density at radius 3 is 2.36 bits per heavy atom. The maximum atomic E-state index is 12.7. The third-order valence-corrected chi connectivity index (χ3v) is 5.83. The molecule has 1 aromatic carbocycles. The Kier molecular flexibility index (Phi) is 6.35. The van der Waals surface area contributed by atoms with Gasteiger partial charge in [0.2, 0.25) is 5.91 Å². The van der Waals surface area contributed by atoms with E-state index < -0.39 is 0 Å². The number of ether oxygens (including phenoxy) is 1. The predicted octanol–water partition coefficient (Wildman–Crippen LogP) is 2.14. The maximum Gasteiger partial charge on any atom is 0.226 e. The van der Waals surface area contributed by atoms with Crippen LogP contribution in [0.3, 0.4) is 0 Å². The van der Waals surface area contributed by atoms with Crippen molar-refractivity contribution in [2.75, 3.05) is 32.8 Å². The Labute approximate surface area is 152 Å². The molecule has 0 unspecified atom stereocenters. The van der Waals surface area contributed by atoms with Crippen molar-refractivity contribution in [3.63, 3.8) is 0 Å². The molecule has 0 aliphatic carbocycles. The molecule has 2 aliphatic rings. The number of rotatable bonds is 5. The van der Waals surface area contributed by atoms with Gasteiger partial charge in [-0.3, -0.25) is 4.79 Å². The van der Waals surface area contributed by atoms with Gasteiger partial charge in [0.25, 0.3) is 0 Å². The van der Waals surface area contributed by atoms with E-state index in [4.69, 9.17) is 4.74 Å². The molecule has 4 heteroatoms. The number of nitrogens with one attached hydrogen (secondary N) is 1. The van der Waals surface area contributed by atoms with Gasteiger partial charge in [0.05, 0.1) is 19.7 Å². The summed E-state index contributed by atoms with van der Waals surface area (Å²) in [6.07, 6.45) is 4.43. The number of nitrogens with zero attached hydrogens (tertiary/aromatic N) is 1. The summed E-state index contributed by atoms with van der Waals surface area (Å²) in [5.74, 6) is 2.41. The van der Waals surface area contributed by atoms with E-state index in [0.29, 0.717) is 12.5 Å². The zero-order valence-electron chi connectivity index (χ0n) is 15.8. The monoisotopic (exact) mass is 345 g/mol. The maximum absolute atomic E-state index is 12.7. The lowest BCUT2D eigenvalue weighted by Gasteiger charge is -2.35. The normalized spacial score (nSPS) is 25.0. The van der Waals surface area contributed by atoms with Gasteiger partial charge in [0.1, 0.15) is 12.3 Å². The van der Waals surface area contributed by atoms with Crippen LogP contribution in [0, 0.1) is 11.8 Å². The van der Waals surface area contributed by atoms with Crippen molar-refractivity contribution in [1.82, 2.24) is 4.90 Å². The van der Waals surface area contributed by atoms with Crippen LogP contribution in [0.1, 0.15) is 45.1 Å². The molecule has 2 aliphatic heterocycles. The third-order valence-electron chi connectivity index (χ3n) is 5.83. The molecule has 1 aromatic rings. The van der Waals surface area contributed by atoms with Gasteiger partial charge < -0.3 is 14.5 Å². The fourth-order valence-electron chi connectivity index (χ4n) is 4.10. The summed E-state index contributed by atoms with van der Waals surface area (Å²) in [6, 6.07) is 8.46. The molecule has 0 atom stereocenters. The number of hydrogen-bond acceptors (Lipinski definition) is 2. The van der Waals surface area contributed by atoms with E-state index in [1.807, 2.05) is 6.92 Å². The highest BCUT2D eigenvalue weighted by Gasteiger charge is 2.31. The van der Waals surface area contributed by atoms with Crippen LogP contribution in [0.15, 0.2) is 24.3 Å². The summed E-state index contributed by atoms with van der Waals surface area (Å²) >= 11 is 0. The minimum atomic E-state index is 0.262. The Bertz CT molecular complexity index is 542. The molecule has 1 amide bonds. The smallest absolute Gasteiger partial charge is 0.226 e. The van der Waals surface area contributed by atoms with Gasteiger partial charge in [0.15, 0.2) is 0 Å². The van der Waals surface area contributed by atoms with Gasteiger partial charge in [-0.1, -0.05) is 6.92 Å². The lowest BCUT2D eigenvalue weighted by atomic mass is 9.92. The molecule has 0 saturated carbocycles. The minimum Gasteiger partial charge on any atom is -0.494 e. The quantitative estimate of drug-likeness (QED) is 0.887. The van der Waals surface area contributed by atoms with Crippen molar-refractivity contribution in [2.24, 2.45) is 11.8 Å². The fourth-order valence-corrected chi connectivity index (χ4v) is 4.10.